The lowest BCUT2D eigenvalue weighted by Crippen LogP contribution is -2.13. The first-order valence-corrected chi connectivity index (χ1v) is 9.29. The summed E-state index contributed by atoms with van der Waals surface area (Å²) in [4.78, 5) is 39.6. The van der Waals surface area contributed by atoms with Gasteiger partial charge in [-0.2, -0.15) is 0 Å². The van der Waals surface area contributed by atoms with E-state index in [0.717, 1.165) is 16.9 Å². The van der Waals surface area contributed by atoms with Gasteiger partial charge >= 0.3 is 18.0 Å². The highest BCUT2D eigenvalue weighted by molar-refractivity contribution is 7.14. The van der Waals surface area contributed by atoms with Crippen LogP contribution in [0.3, 0.4) is 0 Å². The van der Waals surface area contributed by atoms with Crippen molar-refractivity contribution in [1.29, 1.82) is 0 Å². The van der Waals surface area contributed by atoms with Gasteiger partial charge in [0.25, 0.3) is 0 Å². The Hall–Kier alpha value is -3.20. The molecule has 1 aromatic heterocycles. The molecule has 0 bridgehead atoms. The molecule has 0 aliphatic carbocycles. The summed E-state index contributed by atoms with van der Waals surface area (Å²) in [6.45, 7) is 1.97. The van der Waals surface area contributed by atoms with E-state index in [1.54, 1.807) is 12.3 Å². The Morgan fingerprint density at radius 1 is 1.18 bits per heavy atom. The topological polar surface area (TPSA) is 104 Å². The summed E-state index contributed by atoms with van der Waals surface area (Å²) in [5, 5.41) is 4.34. The molecule has 0 radical (unpaired) electrons. The molecule has 0 aliphatic rings. The number of anilines is 1. The van der Waals surface area contributed by atoms with Crippen LogP contribution in [0.2, 0.25) is 0 Å². The Balaban J connectivity index is 2.03. The van der Waals surface area contributed by atoms with Crippen molar-refractivity contribution in [1.82, 2.24) is 4.98 Å². The average molecular weight is 404 g/mol. The first kappa shape index (κ1) is 21.1. The molecule has 0 fully saturated rings. The third-order valence-electron chi connectivity index (χ3n) is 3.40. The van der Waals surface area contributed by atoms with Crippen molar-refractivity contribution in [3.63, 3.8) is 0 Å². The molecule has 1 aromatic carbocycles. The molecular weight excluding hydrogens is 384 g/mol. The molecule has 1 N–H and O–H groups in total. The van der Waals surface area contributed by atoms with Crippen molar-refractivity contribution in [2.75, 3.05) is 19.0 Å². The predicted octanol–water partition coefficient (Wildman–Crippen LogP) is 3.40. The highest BCUT2D eigenvalue weighted by Gasteiger charge is 2.18. The number of hydrogen-bond acceptors (Lipinski definition) is 8. The second kappa shape index (κ2) is 10.8. The highest BCUT2D eigenvalue weighted by Crippen LogP contribution is 2.23. The van der Waals surface area contributed by atoms with Gasteiger partial charge in [0, 0.05) is 5.38 Å². The number of carbonyl (C=O) groups is 3. The Labute approximate surface area is 166 Å². The SMILES string of the molecule is CCOC(=O)C(=CCC(=O)OC)c1csc(NC(=O)OCc2ccccc2)n1. The third kappa shape index (κ3) is 6.51. The second-order valence-corrected chi connectivity index (χ2v) is 6.20. The monoisotopic (exact) mass is 404 g/mol. The van der Waals surface area contributed by atoms with Gasteiger partial charge in [0.05, 0.1) is 31.4 Å². The molecule has 148 valence electrons. The number of benzene rings is 1. The molecule has 0 saturated heterocycles. The summed E-state index contributed by atoms with van der Waals surface area (Å²) in [6, 6.07) is 9.25. The van der Waals surface area contributed by atoms with Crippen molar-refractivity contribution in [2.45, 2.75) is 20.0 Å². The van der Waals surface area contributed by atoms with Gasteiger partial charge in [0.15, 0.2) is 5.13 Å². The maximum Gasteiger partial charge on any atom is 0.413 e. The van der Waals surface area contributed by atoms with Gasteiger partial charge in [0.1, 0.15) is 6.61 Å². The summed E-state index contributed by atoms with van der Waals surface area (Å²) in [6.07, 6.45) is 0.612. The van der Waals surface area contributed by atoms with Crippen LogP contribution < -0.4 is 5.32 Å². The number of carbonyl (C=O) groups excluding carboxylic acids is 3. The highest BCUT2D eigenvalue weighted by atomic mass is 32.1. The summed E-state index contributed by atoms with van der Waals surface area (Å²) in [5.74, 6) is -1.12. The van der Waals surface area contributed by atoms with Gasteiger partial charge < -0.3 is 14.2 Å². The number of methoxy groups -OCH3 is 1. The van der Waals surface area contributed by atoms with Crippen LogP contribution in [0.5, 0.6) is 0 Å². The number of thiazole rings is 1. The van der Waals surface area contributed by atoms with E-state index >= 15 is 0 Å². The minimum absolute atomic E-state index is 0.107. The molecule has 2 rings (SSSR count). The van der Waals surface area contributed by atoms with E-state index in [4.69, 9.17) is 9.47 Å². The molecule has 0 saturated carbocycles. The maximum absolute atomic E-state index is 12.1. The minimum atomic E-state index is -0.666. The molecule has 1 heterocycles. The number of nitrogens with one attached hydrogen (secondary N) is 1. The maximum atomic E-state index is 12.1. The van der Waals surface area contributed by atoms with Gasteiger partial charge in [-0.1, -0.05) is 36.4 Å². The standard InChI is InChI=1S/C19H20N2O6S/c1-3-26-17(23)14(9-10-16(22)25-2)15-12-28-18(20-15)21-19(24)27-11-13-7-5-4-6-8-13/h4-9,12H,3,10-11H2,1-2H3,(H,20,21,24). The zero-order valence-electron chi connectivity index (χ0n) is 15.5. The Morgan fingerprint density at radius 3 is 2.61 bits per heavy atom. The van der Waals surface area contributed by atoms with Crippen molar-refractivity contribution in [3.05, 3.63) is 53.0 Å². The van der Waals surface area contributed by atoms with Gasteiger partial charge in [-0.3, -0.25) is 10.1 Å². The first-order valence-electron chi connectivity index (χ1n) is 8.41. The summed E-state index contributed by atoms with van der Waals surface area (Å²) in [5.41, 5.74) is 1.26. The molecule has 8 nitrogen and oxygen atoms in total. The van der Waals surface area contributed by atoms with Crippen molar-refractivity contribution >= 4 is 40.1 Å². The third-order valence-corrected chi connectivity index (χ3v) is 4.16. The molecule has 9 heteroatoms. The fourth-order valence-corrected chi connectivity index (χ4v) is 2.77. The number of esters is 2. The largest absolute Gasteiger partial charge is 0.469 e. The van der Waals surface area contributed by atoms with Crippen LogP contribution in [0.15, 0.2) is 41.8 Å². The fraction of sp³-hybridized carbons (Fsp3) is 0.263. The van der Waals surface area contributed by atoms with Gasteiger partial charge in [-0.25, -0.2) is 14.6 Å². The molecule has 0 atom stereocenters. The van der Waals surface area contributed by atoms with Crippen LogP contribution >= 0.6 is 11.3 Å². The Kier molecular flexibility index (Phi) is 8.16. The van der Waals surface area contributed by atoms with Crippen molar-refractivity contribution in [2.24, 2.45) is 0 Å². The number of aromatic nitrogens is 1. The fourth-order valence-electron chi connectivity index (χ4n) is 2.07. The summed E-state index contributed by atoms with van der Waals surface area (Å²) < 4.78 is 14.7. The molecule has 1 amide bonds. The van der Waals surface area contributed by atoms with Gasteiger partial charge in [-0.05, 0) is 12.5 Å². The van der Waals surface area contributed by atoms with Crippen molar-refractivity contribution < 1.29 is 28.6 Å². The average Bonchev–Trinajstić information content (AvgIpc) is 3.15. The van der Waals surface area contributed by atoms with E-state index in [9.17, 15) is 14.4 Å². The van der Waals surface area contributed by atoms with E-state index in [-0.39, 0.29) is 36.0 Å². The lowest BCUT2D eigenvalue weighted by molar-refractivity contribution is -0.139. The molecule has 28 heavy (non-hydrogen) atoms. The molecular formula is C19H20N2O6S. The van der Waals surface area contributed by atoms with Gasteiger partial charge in [-0.15, -0.1) is 11.3 Å². The van der Waals surface area contributed by atoms with Crippen LogP contribution in [0.4, 0.5) is 9.93 Å². The quantitative estimate of drug-likeness (QED) is 0.408. The van der Waals surface area contributed by atoms with E-state index in [2.05, 4.69) is 15.0 Å². The molecule has 0 spiro atoms. The Morgan fingerprint density at radius 2 is 1.93 bits per heavy atom. The number of hydrogen-bond donors (Lipinski definition) is 1. The van der Waals surface area contributed by atoms with Crippen LogP contribution in [0, 0.1) is 0 Å². The van der Waals surface area contributed by atoms with E-state index in [1.165, 1.54) is 13.2 Å². The molecule has 0 unspecified atom stereocenters. The Bertz CT molecular complexity index is 847. The summed E-state index contributed by atoms with van der Waals surface area (Å²) in [7, 11) is 1.26. The van der Waals surface area contributed by atoms with Crippen molar-refractivity contribution in [3.8, 4) is 0 Å². The molecule has 0 aliphatic heterocycles. The lowest BCUT2D eigenvalue weighted by Gasteiger charge is -2.05. The van der Waals surface area contributed by atoms with Crippen LogP contribution in [0.25, 0.3) is 5.57 Å². The van der Waals surface area contributed by atoms with E-state index in [0.29, 0.717) is 0 Å². The smallest absolute Gasteiger partial charge is 0.413 e. The van der Waals surface area contributed by atoms with Gasteiger partial charge in [0.2, 0.25) is 0 Å². The molecule has 2 aromatic rings. The van der Waals surface area contributed by atoms with E-state index < -0.39 is 18.0 Å². The van der Waals surface area contributed by atoms with Crippen LogP contribution in [0.1, 0.15) is 24.6 Å². The zero-order valence-corrected chi connectivity index (χ0v) is 16.3. The number of amides is 1. The van der Waals surface area contributed by atoms with E-state index in [1.807, 2.05) is 30.3 Å². The number of nitrogens with zero attached hydrogens (tertiary/aromatic N) is 1. The second-order valence-electron chi connectivity index (χ2n) is 5.34. The lowest BCUT2D eigenvalue weighted by atomic mass is 10.1. The number of ether oxygens (including phenoxy) is 3. The normalized spacial score (nSPS) is 10.9. The zero-order chi connectivity index (χ0) is 20.4. The van der Waals surface area contributed by atoms with Crippen LogP contribution in [-0.2, 0) is 30.4 Å². The minimum Gasteiger partial charge on any atom is -0.469 e. The summed E-state index contributed by atoms with van der Waals surface area (Å²) >= 11 is 1.12. The first-order chi connectivity index (χ1) is 13.5. The number of rotatable bonds is 8. The van der Waals surface area contributed by atoms with Crippen LogP contribution in [-0.4, -0.2) is 36.7 Å². The predicted molar refractivity (Wildman–Crippen MR) is 104 cm³/mol.